The summed E-state index contributed by atoms with van der Waals surface area (Å²) in [5, 5.41) is 0. The van der Waals surface area contributed by atoms with Crippen LogP contribution in [0.1, 0.15) is 52.7 Å². The number of hydrogen-bond donors (Lipinski definition) is 0. The Kier molecular flexibility index (Phi) is 8.16. The second kappa shape index (κ2) is 10.9. The third kappa shape index (κ3) is 5.87. The number of halogens is 2. The van der Waals surface area contributed by atoms with E-state index in [9.17, 15) is 0 Å². The molecule has 0 spiro atoms. The molecule has 0 amide bonds. The van der Waals surface area contributed by atoms with Crippen molar-refractivity contribution in [2.45, 2.75) is 52.4 Å². The Morgan fingerprint density at radius 2 is 0.789 bits per heavy atom. The molecule has 0 aromatic heterocycles. The molecule has 0 bridgehead atoms. The second-order valence-electron chi connectivity index (χ2n) is 11.7. The highest BCUT2D eigenvalue weighted by molar-refractivity contribution is 9.11. The molecule has 0 aliphatic carbocycles. The van der Waals surface area contributed by atoms with Gasteiger partial charge in [-0.2, -0.15) is 0 Å². The van der Waals surface area contributed by atoms with Crippen molar-refractivity contribution in [2.24, 2.45) is 0 Å². The highest BCUT2D eigenvalue weighted by atomic mass is 79.9. The van der Waals surface area contributed by atoms with Crippen molar-refractivity contribution in [3.05, 3.63) is 92.9 Å². The van der Waals surface area contributed by atoms with Gasteiger partial charge in [0.25, 0.3) is 0 Å². The zero-order valence-electron chi connectivity index (χ0n) is 23.5. The van der Waals surface area contributed by atoms with Crippen LogP contribution in [-0.2, 0) is 10.8 Å². The van der Waals surface area contributed by atoms with Gasteiger partial charge < -0.3 is 9.47 Å². The average molecular weight is 636 g/mol. The van der Waals surface area contributed by atoms with Gasteiger partial charge in [-0.3, -0.25) is 0 Å². The molecule has 0 heterocycles. The van der Waals surface area contributed by atoms with Crippen LogP contribution in [0.15, 0.2) is 81.7 Å². The predicted octanol–water partition coefficient (Wildman–Crippen LogP) is 10.8. The van der Waals surface area contributed by atoms with Crippen LogP contribution in [0.25, 0.3) is 33.4 Å². The van der Waals surface area contributed by atoms with E-state index in [0.717, 1.165) is 31.6 Å². The van der Waals surface area contributed by atoms with Gasteiger partial charge in [0.2, 0.25) is 0 Å². The Hall–Kier alpha value is -2.56. The van der Waals surface area contributed by atoms with Gasteiger partial charge in [-0.1, -0.05) is 97.7 Å². The van der Waals surface area contributed by atoms with E-state index in [1.165, 1.54) is 33.4 Å². The first-order valence-electron chi connectivity index (χ1n) is 12.8. The van der Waals surface area contributed by atoms with Crippen LogP contribution in [0.3, 0.4) is 0 Å². The van der Waals surface area contributed by atoms with E-state index >= 15 is 0 Å². The van der Waals surface area contributed by atoms with E-state index in [1.54, 1.807) is 14.2 Å². The van der Waals surface area contributed by atoms with E-state index in [2.05, 4.69) is 122 Å². The van der Waals surface area contributed by atoms with Gasteiger partial charge in [-0.05, 0) is 104 Å². The molecule has 4 aromatic carbocycles. The lowest BCUT2D eigenvalue weighted by Crippen LogP contribution is -2.14. The zero-order valence-corrected chi connectivity index (χ0v) is 26.7. The quantitative estimate of drug-likeness (QED) is 0.217. The predicted molar refractivity (Wildman–Crippen MR) is 169 cm³/mol. The Morgan fingerprint density at radius 3 is 1.05 bits per heavy atom. The molecule has 0 aliphatic heterocycles. The molecular formula is C34H36Br2O2. The zero-order chi connectivity index (χ0) is 27.8. The molecule has 0 saturated carbocycles. The third-order valence-electron chi connectivity index (χ3n) is 6.92. The summed E-state index contributed by atoms with van der Waals surface area (Å²) in [6, 6.07) is 25.9. The Balaban J connectivity index is 1.98. The Labute approximate surface area is 244 Å². The summed E-state index contributed by atoms with van der Waals surface area (Å²) in [6.45, 7) is 13.6. The molecule has 0 N–H and O–H groups in total. The number of methoxy groups -OCH3 is 2. The monoisotopic (exact) mass is 634 g/mol. The molecule has 38 heavy (non-hydrogen) atoms. The minimum absolute atomic E-state index is 0.0299. The van der Waals surface area contributed by atoms with E-state index in [4.69, 9.17) is 9.47 Å². The summed E-state index contributed by atoms with van der Waals surface area (Å²) < 4.78 is 13.0. The van der Waals surface area contributed by atoms with Crippen molar-refractivity contribution in [1.29, 1.82) is 0 Å². The van der Waals surface area contributed by atoms with Gasteiger partial charge in [-0.25, -0.2) is 0 Å². The minimum Gasteiger partial charge on any atom is -0.497 e. The second-order valence-corrected chi connectivity index (χ2v) is 13.4. The molecule has 0 atom stereocenters. The van der Waals surface area contributed by atoms with Crippen LogP contribution in [0.4, 0.5) is 0 Å². The van der Waals surface area contributed by atoms with Crippen molar-refractivity contribution in [2.75, 3.05) is 14.2 Å². The van der Waals surface area contributed by atoms with Crippen LogP contribution in [0, 0.1) is 0 Å². The lowest BCUT2D eigenvalue weighted by molar-refractivity contribution is 0.415. The van der Waals surface area contributed by atoms with E-state index < -0.39 is 0 Å². The van der Waals surface area contributed by atoms with Crippen molar-refractivity contribution in [1.82, 2.24) is 0 Å². The summed E-state index contributed by atoms with van der Waals surface area (Å²) in [6.07, 6.45) is 0. The SMILES string of the molecule is COc1ccc(-c2cc(-c3cc(-c4ccc(OC)cc4)c(C(C)(C)C)cc3Br)c(Br)cc2C(C)(C)C)cc1. The van der Waals surface area contributed by atoms with Crippen molar-refractivity contribution in [3.63, 3.8) is 0 Å². The highest BCUT2D eigenvalue weighted by Gasteiger charge is 2.25. The van der Waals surface area contributed by atoms with Gasteiger partial charge in [-0.15, -0.1) is 0 Å². The third-order valence-corrected chi connectivity index (χ3v) is 8.23. The van der Waals surface area contributed by atoms with Crippen LogP contribution in [0.2, 0.25) is 0 Å². The Morgan fingerprint density at radius 1 is 0.474 bits per heavy atom. The molecule has 4 heteroatoms. The van der Waals surface area contributed by atoms with Crippen molar-refractivity contribution >= 4 is 31.9 Å². The van der Waals surface area contributed by atoms with Gasteiger partial charge in [0, 0.05) is 8.95 Å². The Bertz CT molecular complexity index is 1330. The standard InChI is InChI=1S/C34H36Br2O2/c1-33(2,3)29-19-31(35)27(17-25(29)21-9-13-23(37-7)14-10-21)28-18-26(22-11-15-24(38-8)16-12-22)30(20-32(28)36)34(4,5)6/h9-20H,1-8H3. The summed E-state index contributed by atoms with van der Waals surface area (Å²) in [7, 11) is 3.40. The maximum atomic E-state index is 5.42. The van der Waals surface area contributed by atoms with Crippen LogP contribution in [0.5, 0.6) is 11.5 Å². The average Bonchev–Trinajstić information content (AvgIpc) is 2.87. The van der Waals surface area contributed by atoms with Gasteiger partial charge in [0.1, 0.15) is 11.5 Å². The minimum atomic E-state index is -0.0299. The number of rotatable bonds is 5. The topological polar surface area (TPSA) is 18.5 Å². The first-order valence-corrected chi connectivity index (χ1v) is 14.4. The molecular weight excluding hydrogens is 600 g/mol. The summed E-state index contributed by atoms with van der Waals surface area (Å²) in [4.78, 5) is 0. The molecule has 4 aromatic rings. The summed E-state index contributed by atoms with van der Waals surface area (Å²) >= 11 is 7.88. The molecule has 2 nitrogen and oxygen atoms in total. The fourth-order valence-corrected chi connectivity index (χ4v) is 5.93. The summed E-state index contributed by atoms with van der Waals surface area (Å²) in [5.74, 6) is 1.71. The largest absolute Gasteiger partial charge is 0.497 e. The first-order chi connectivity index (χ1) is 17.8. The van der Waals surface area contributed by atoms with Crippen LogP contribution < -0.4 is 9.47 Å². The maximum Gasteiger partial charge on any atom is 0.118 e. The van der Waals surface area contributed by atoms with E-state index in [-0.39, 0.29) is 10.8 Å². The van der Waals surface area contributed by atoms with Crippen LogP contribution >= 0.6 is 31.9 Å². The summed E-state index contributed by atoms with van der Waals surface area (Å²) in [5.41, 5.74) is 9.58. The smallest absolute Gasteiger partial charge is 0.118 e. The fraction of sp³-hybridized carbons (Fsp3) is 0.294. The molecule has 0 aliphatic rings. The van der Waals surface area contributed by atoms with Crippen LogP contribution in [-0.4, -0.2) is 14.2 Å². The van der Waals surface area contributed by atoms with Gasteiger partial charge in [0.05, 0.1) is 14.2 Å². The van der Waals surface area contributed by atoms with Crippen molar-refractivity contribution in [3.8, 4) is 44.9 Å². The molecule has 0 fully saturated rings. The molecule has 4 rings (SSSR count). The lowest BCUT2D eigenvalue weighted by Gasteiger charge is -2.27. The van der Waals surface area contributed by atoms with E-state index in [1.807, 2.05) is 24.3 Å². The maximum absolute atomic E-state index is 5.42. The number of ether oxygens (including phenoxy) is 2. The normalized spacial score (nSPS) is 11.9. The lowest BCUT2D eigenvalue weighted by atomic mass is 9.79. The fourth-order valence-electron chi connectivity index (χ4n) is 4.82. The first kappa shape index (κ1) is 28.4. The van der Waals surface area contributed by atoms with Gasteiger partial charge in [0.15, 0.2) is 0 Å². The molecule has 0 radical (unpaired) electrons. The molecule has 198 valence electrons. The van der Waals surface area contributed by atoms with Gasteiger partial charge >= 0.3 is 0 Å². The van der Waals surface area contributed by atoms with Crippen molar-refractivity contribution < 1.29 is 9.47 Å². The molecule has 0 unspecified atom stereocenters. The molecule has 0 saturated heterocycles. The highest BCUT2D eigenvalue weighted by Crippen LogP contribution is 2.45. The number of hydrogen-bond acceptors (Lipinski definition) is 2. The number of benzene rings is 4. The van der Waals surface area contributed by atoms with E-state index in [0.29, 0.717) is 0 Å².